The van der Waals surface area contributed by atoms with Crippen LogP contribution in [0.15, 0.2) is 23.1 Å². The first-order valence-corrected chi connectivity index (χ1v) is 5.36. The van der Waals surface area contributed by atoms with E-state index in [1.54, 1.807) is 17.8 Å². The Morgan fingerprint density at radius 2 is 2.31 bits per heavy atom. The summed E-state index contributed by atoms with van der Waals surface area (Å²) in [5.41, 5.74) is 1.25. The molecule has 1 aliphatic rings. The zero-order valence-electron chi connectivity index (χ0n) is 7.82. The second kappa shape index (κ2) is 3.14. The predicted molar refractivity (Wildman–Crippen MR) is 56.4 cm³/mol. The van der Waals surface area contributed by atoms with Crippen LogP contribution in [-0.4, -0.2) is 17.0 Å². The average molecular weight is 195 g/mol. The summed E-state index contributed by atoms with van der Waals surface area (Å²) in [5, 5.41) is 9.80. The lowest BCUT2D eigenvalue weighted by atomic mass is 10.2. The fourth-order valence-corrected chi connectivity index (χ4v) is 2.96. The number of thioether (sulfide) groups is 1. The van der Waals surface area contributed by atoms with Crippen molar-refractivity contribution in [3.8, 4) is 5.75 Å². The van der Waals surface area contributed by atoms with Crippen LogP contribution < -0.4 is 4.90 Å². The van der Waals surface area contributed by atoms with Gasteiger partial charge in [0.2, 0.25) is 0 Å². The highest BCUT2D eigenvalue weighted by Gasteiger charge is 2.25. The van der Waals surface area contributed by atoms with Crippen LogP contribution in [-0.2, 0) is 0 Å². The van der Waals surface area contributed by atoms with Gasteiger partial charge in [-0.3, -0.25) is 0 Å². The van der Waals surface area contributed by atoms with Crippen molar-refractivity contribution in [2.45, 2.75) is 24.1 Å². The molecule has 70 valence electrons. The van der Waals surface area contributed by atoms with Gasteiger partial charge in [-0.15, -0.1) is 0 Å². The molecule has 1 aliphatic heterocycles. The molecule has 0 saturated heterocycles. The lowest BCUT2D eigenvalue weighted by Crippen LogP contribution is -2.25. The third-order valence-electron chi connectivity index (χ3n) is 2.33. The minimum absolute atomic E-state index is 0.358. The largest absolute Gasteiger partial charge is 0.508 e. The van der Waals surface area contributed by atoms with Gasteiger partial charge in [0.1, 0.15) is 5.75 Å². The van der Waals surface area contributed by atoms with Crippen molar-refractivity contribution in [2.24, 2.45) is 0 Å². The molecule has 0 aromatic heterocycles. The standard InChI is InChI=1S/C10H13NOS/c1-3-11-7(2)13-10-6-8(12)4-5-9(10)11/h4-7,12H,3H2,1-2H3. The monoisotopic (exact) mass is 195 g/mol. The van der Waals surface area contributed by atoms with E-state index in [-0.39, 0.29) is 0 Å². The molecule has 0 bridgehead atoms. The summed E-state index contributed by atoms with van der Waals surface area (Å²) in [6.45, 7) is 5.36. The van der Waals surface area contributed by atoms with Crippen molar-refractivity contribution < 1.29 is 5.11 Å². The van der Waals surface area contributed by atoms with Gasteiger partial charge >= 0.3 is 0 Å². The molecule has 0 aliphatic carbocycles. The summed E-state index contributed by atoms with van der Waals surface area (Å²) in [4.78, 5) is 3.52. The molecule has 3 heteroatoms. The van der Waals surface area contributed by atoms with Crippen molar-refractivity contribution in [1.29, 1.82) is 0 Å². The Morgan fingerprint density at radius 3 is 3.00 bits per heavy atom. The van der Waals surface area contributed by atoms with E-state index < -0.39 is 0 Å². The van der Waals surface area contributed by atoms with Gasteiger partial charge in [-0.2, -0.15) is 0 Å². The van der Waals surface area contributed by atoms with E-state index in [4.69, 9.17) is 0 Å². The fourth-order valence-electron chi connectivity index (χ4n) is 1.71. The number of aromatic hydroxyl groups is 1. The van der Waals surface area contributed by atoms with E-state index >= 15 is 0 Å². The van der Waals surface area contributed by atoms with Crippen LogP contribution in [0.1, 0.15) is 13.8 Å². The van der Waals surface area contributed by atoms with Crippen LogP contribution in [0.5, 0.6) is 5.75 Å². The average Bonchev–Trinajstić information content (AvgIpc) is 2.39. The van der Waals surface area contributed by atoms with E-state index in [0.717, 1.165) is 6.54 Å². The molecule has 1 aromatic rings. The first-order chi connectivity index (χ1) is 6.22. The molecule has 0 radical (unpaired) electrons. The number of rotatable bonds is 1. The zero-order chi connectivity index (χ0) is 9.42. The van der Waals surface area contributed by atoms with Gasteiger partial charge in [0.05, 0.1) is 11.1 Å². The highest BCUT2D eigenvalue weighted by molar-refractivity contribution is 8.00. The predicted octanol–water partition coefficient (Wildman–Crippen LogP) is 2.67. The molecule has 0 fully saturated rings. The molecule has 0 amide bonds. The van der Waals surface area contributed by atoms with Crippen LogP contribution >= 0.6 is 11.8 Å². The Hall–Kier alpha value is -0.830. The number of hydrogen-bond acceptors (Lipinski definition) is 3. The van der Waals surface area contributed by atoms with Crippen molar-refractivity contribution in [1.82, 2.24) is 0 Å². The summed E-state index contributed by atoms with van der Waals surface area (Å²) < 4.78 is 0. The molecule has 0 saturated carbocycles. The number of hydrogen-bond donors (Lipinski definition) is 1. The molecule has 1 atom stereocenters. The van der Waals surface area contributed by atoms with E-state index in [1.165, 1.54) is 10.6 Å². The maximum Gasteiger partial charge on any atom is 0.116 e. The van der Waals surface area contributed by atoms with E-state index in [2.05, 4.69) is 18.7 Å². The Bertz CT molecular complexity index is 327. The highest BCUT2D eigenvalue weighted by Crippen LogP contribution is 2.44. The maximum absolute atomic E-state index is 9.31. The van der Waals surface area contributed by atoms with E-state index in [0.29, 0.717) is 11.1 Å². The van der Waals surface area contributed by atoms with E-state index in [1.807, 2.05) is 12.1 Å². The normalized spacial score (nSPS) is 20.5. The van der Waals surface area contributed by atoms with Gasteiger partial charge in [-0.05, 0) is 32.0 Å². The molecular formula is C10H13NOS. The molecule has 1 aromatic carbocycles. The second-order valence-electron chi connectivity index (χ2n) is 3.16. The molecule has 1 N–H and O–H groups in total. The van der Waals surface area contributed by atoms with Crippen molar-refractivity contribution in [2.75, 3.05) is 11.4 Å². The van der Waals surface area contributed by atoms with Crippen molar-refractivity contribution in [3.05, 3.63) is 18.2 Å². The molecule has 1 unspecified atom stereocenters. The van der Waals surface area contributed by atoms with Gasteiger partial charge in [0.15, 0.2) is 0 Å². The SMILES string of the molecule is CCN1c2ccc(O)cc2SC1C. The molecule has 2 nitrogen and oxygen atoms in total. The Labute approximate surface area is 82.6 Å². The summed E-state index contributed by atoms with van der Waals surface area (Å²) in [7, 11) is 0. The number of anilines is 1. The zero-order valence-corrected chi connectivity index (χ0v) is 8.64. The van der Waals surface area contributed by atoms with Gasteiger partial charge in [-0.25, -0.2) is 0 Å². The summed E-state index contributed by atoms with van der Waals surface area (Å²) in [5.74, 6) is 0.358. The quantitative estimate of drug-likeness (QED) is 0.745. The first kappa shape index (κ1) is 8.75. The van der Waals surface area contributed by atoms with Crippen LogP contribution in [0, 0.1) is 0 Å². The number of phenols is 1. The summed E-state index contributed by atoms with van der Waals surface area (Å²) in [6, 6.07) is 5.58. The minimum Gasteiger partial charge on any atom is -0.508 e. The molecule has 2 rings (SSSR count). The summed E-state index contributed by atoms with van der Waals surface area (Å²) in [6.07, 6.45) is 0. The molecule has 0 spiro atoms. The fraction of sp³-hybridized carbons (Fsp3) is 0.400. The van der Waals surface area contributed by atoms with Gasteiger partial charge in [0, 0.05) is 11.4 Å². The van der Waals surface area contributed by atoms with Crippen LogP contribution in [0.3, 0.4) is 0 Å². The number of benzene rings is 1. The maximum atomic E-state index is 9.31. The van der Waals surface area contributed by atoms with Crippen LogP contribution in [0.4, 0.5) is 5.69 Å². The summed E-state index contributed by atoms with van der Waals surface area (Å²) >= 11 is 1.80. The Balaban J connectivity index is 2.42. The minimum atomic E-state index is 0.358. The Kier molecular flexibility index (Phi) is 2.12. The van der Waals surface area contributed by atoms with Gasteiger partial charge < -0.3 is 10.0 Å². The Morgan fingerprint density at radius 1 is 1.54 bits per heavy atom. The third kappa shape index (κ3) is 1.37. The number of fused-ring (bicyclic) bond motifs is 1. The van der Waals surface area contributed by atoms with Gasteiger partial charge in [0.25, 0.3) is 0 Å². The van der Waals surface area contributed by atoms with E-state index in [9.17, 15) is 5.11 Å². The van der Waals surface area contributed by atoms with Crippen molar-refractivity contribution in [3.63, 3.8) is 0 Å². The van der Waals surface area contributed by atoms with Crippen molar-refractivity contribution >= 4 is 17.4 Å². The topological polar surface area (TPSA) is 23.5 Å². The highest BCUT2D eigenvalue weighted by atomic mass is 32.2. The number of nitrogens with zero attached hydrogens (tertiary/aromatic N) is 1. The smallest absolute Gasteiger partial charge is 0.116 e. The van der Waals surface area contributed by atoms with Crippen LogP contribution in [0.2, 0.25) is 0 Å². The third-order valence-corrected chi connectivity index (χ3v) is 3.51. The van der Waals surface area contributed by atoms with Crippen LogP contribution in [0.25, 0.3) is 0 Å². The van der Waals surface area contributed by atoms with Gasteiger partial charge in [-0.1, -0.05) is 11.8 Å². The lowest BCUT2D eigenvalue weighted by molar-refractivity contribution is 0.474. The lowest BCUT2D eigenvalue weighted by Gasteiger charge is -2.21. The molecule has 13 heavy (non-hydrogen) atoms. The second-order valence-corrected chi connectivity index (χ2v) is 4.51. The first-order valence-electron chi connectivity index (χ1n) is 4.48. The number of phenolic OH excluding ortho intramolecular Hbond substituents is 1. The molecule has 1 heterocycles. The molecular weight excluding hydrogens is 182 g/mol.